The molecule has 0 aliphatic heterocycles. The smallest absolute Gasteiger partial charge is 0.0881 e. The molecule has 0 radical (unpaired) electrons. The van der Waals surface area contributed by atoms with Crippen molar-refractivity contribution in [2.75, 3.05) is 5.73 Å². The Labute approximate surface area is 114 Å². The fourth-order valence-corrected chi connectivity index (χ4v) is 5.49. The van der Waals surface area contributed by atoms with Gasteiger partial charge in [-0.3, -0.25) is 4.98 Å². The first-order chi connectivity index (χ1) is 9.16. The van der Waals surface area contributed by atoms with Crippen LogP contribution < -0.4 is 5.73 Å². The van der Waals surface area contributed by atoms with Crippen molar-refractivity contribution in [1.29, 1.82) is 0 Å². The lowest BCUT2D eigenvalue weighted by molar-refractivity contribution is -0.122. The van der Waals surface area contributed by atoms with Crippen molar-refractivity contribution in [3.8, 4) is 0 Å². The van der Waals surface area contributed by atoms with Crippen LogP contribution in [0.2, 0.25) is 0 Å². The summed E-state index contributed by atoms with van der Waals surface area (Å²) in [6.45, 7) is 0. The molecule has 1 atom stereocenters. The summed E-state index contributed by atoms with van der Waals surface area (Å²) in [6, 6.07) is 1.80. The van der Waals surface area contributed by atoms with Crippen LogP contribution in [0.1, 0.15) is 50.2 Å². The van der Waals surface area contributed by atoms with Gasteiger partial charge in [0.2, 0.25) is 0 Å². The zero-order valence-corrected chi connectivity index (χ0v) is 11.3. The molecule has 0 aromatic carbocycles. The summed E-state index contributed by atoms with van der Waals surface area (Å²) in [7, 11) is 0. The number of hydrogen-bond acceptors (Lipinski definition) is 3. The number of aliphatic hydroxyl groups excluding tert-OH is 1. The van der Waals surface area contributed by atoms with Crippen LogP contribution in [0, 0.1) is 23.2 Å². The predicted octanol–water partition coefficient (Wildman–Crippen LogP) is 2.91. The molecule has 3 N–H and O–H groups in total. The summed E-state index contributed by atoms with van der Waals surface area (Å²) in [5, 5.41) is 10.9. The molecule has 4 saturated carbocycles. The van der Waals surface area contributed by atoms with E-state index in [0.717, 1.165) is 23.3 Å². The fourth-order valence-electron chi connectivity index (χ4n) is 5.49. The van der Waals surface area contributed by atoms with Crippen molar-refractivity contribution in [3.63, 3.8) is 0 Å². The van der Waals surface area contributed by atoms with Gasteiger partial charge in [0.15, 0.2) is 0 Å². The van der Waals surface area contributed by atoms with Crippen molar-refractivity contribution in [1.82, 2.24) is 4.98 Å². The predicted molar refractivity (Wildman–Crippen MR) is 74.2 cm³/mol. The van der Waals surface area contributed by atoms with Crippen LogP contribution in [-0.4, -0.2) is 10.1 Å². The summed E-state index contributed by atoms with van der Waals surface area (Å²) in [5.41, 5.74) is 7.67. The molecule has 1 aromatic rings. The SMILES string of the molecule is Nc1ccncc1C(O)C12CC3CC(CC(C3)C1)C2. The van der Waals surface area contributed by atoms with Gasteiger partial charge in [0.05, 0.1) is 6.10 Å². The molecular formula is C16H22N2O. The molecule has 3 nitrogen and oxygen atoms in total. The maximum absolute atomic E-state index is 10.9. The first-order valence-corrected chi connectivity index (χ1v) is 7.54. The largest absolute Gasteiger partial charge is 0.398 e. The van der Waals surface area contributed by atoms with Gasteiger partial charge in [0.1, 0.15) is 0 Å². The Hall–Kier alpha value is -1.09. The van der Waals surface area contributed by atoms with Gasteiger partial charge in [-0.1, -0.05) is 0 Å². The molecule has 19 heavy (non-hydrogen) atoms. The van der Waals surface area contributed by atoms with Crippen molar-refractivity contribution in [3.05, 3.63) is 24.0 Å². The molecule has 102 valence electrons. The second kappa shape index (κ2) is 3.95. The monoisotopic (exact) mass is 258 g/mol. The Morgan fingerprint density at radius 3 is 2.26 bits per heavy atom. The highest BCUT2D eigenvalue weighted by atomic mass is 16.3. The summed E-state index contributed by atoms with van der Waals surface area (Å²) >= 11 is 0. The highest BCUT2D eigenvalue weighted by molar-refractivity contribution is 5.46. The average Bonchev–Trinajstić information content (AvgIpc) is 2.37. The van der Waals surface area contributed by atoms with Crippen molar-refractivity contribution < 1.29 is 5.11 Å². The first kappa shape index (κ1) is 11.7. The minimum absolute atomic E-state index is 0.0892. The third-order valence-electron chi connectivity index (χ3n) is 5.85. The van der Waals surface area contributed by atoms with E-state index in [-0.39, 0.29) is 5.41 Å². The molecule has 3 heteroatoms. The van der Waals surface area contributed by atoms with E-state index in [0.29, 0.717) is 5.69 Å². The number of aliphatic hydroxyl groups is 1. The van der Waals surface area contributed by atoms with Gasteiger partial charge in [0, 0.05) is 29.1 Å². The Balaban J connectivity index is 1.70. The summed E-state index contributed by atoms with van der Waals surface area (Å²) in [6.07, 6.45) is 10.8. The minimum atomic E-state index is -0.422. The number of aromatic nitrogens is 1. The molecule has 1 aromatic heterocycles. The molecule has 4 fully saturated rings. The van der Waals surface area contributed by atoms with Gasteiger partial charge < -0.3 is 10.8 Å². The topological polar surface area (TPSA) is 59.1 Å². The van der Waals surface area contributed by atoms with E-state index in [1.165, 1.54) is 38.5 Å². The van der Waals surface area contributed by atoms with Gasteiger partial charge in [-0.15, -0.1) is 0 Å². The Bertz CT molecular complexity index is 464. The number of rotatable bonds is 2. The van der Waals surface area contributed by atoms with Crippen LogP contribution >= 0.6 is 0 Å². The van der Waals surface area contributed by atoms with Gasteiger partial charge >= 0.3 is 0 Å². The zero-order chi connectivity index (χ0) is 13.0. The molecule has 0 amide bonds. The number of nitrogen functional groups attached to an aromatic ring is 1. The van der Waals surface area contributed by atoms with Crippen LogP contribution in [0.4, 0.5) is 5.69 Å². The normalized spacial score (nSPS) is 41.4. The lowest BCUT2D eigenvalue weighted by Crippen LogP contribution is -2.49. The average molecular weight is 258 g/mol. The first-order valence-electron chi connectivity index (χ1n) is 7.54. The number of nitrogens with two attached hydrogens (primary N) is 1. The van der Waals surface area contributed by atoms with Crippen molar-refractivity contribution >= 4 is 5.69 Å². The van der Waals surface area contributed by atoms with Gasteiger partial charge in [-0.05, 0) is 62.3 Å². The summed E-state index contributed by atoms with van der Waals surface area (Å²) in [5.74, 6) is 2.54. The molecule has 0 spiro atoms. The maximum Gasteiger partial charge on any atom is 0.0881 e. The highest BCUT2D eigenvalue weighted by Crippen LogP contribution is 2.64. The van der Waals surface area contributed by atoms with Gasteiger partial charge in [-0.2, -0.15) is 0 Å². The van der Waals surface area contributed by atoms with Crippen LogP contribution in [0.15, 0.2) is 18.5 Å². The molecule has 4 bridgehead atoms. The second-order valence-corrected chi connectivity index (χ2v) is 7.19. The van der Waals surface area contributed by atoms with E-state index in [4.69, 9.17) is 5.73 Å². The number of anilines is 1. The summed E-state index contributed by atoms with van der Waals surface area (Å²) in [4.78, 5) is 4.15. The van der Waals surface area contributed by atoms with E-state index >= 15 is 0 Å². The van der Waals surface area contributed by atoms with E-state index in [2.05, 4.69) is 4.98 Å². The van der Waals surface area contributed by atoms with Crippen molar-refractivity contribution in [2.45, 2.75) is 44.6 Å². The molecular weight excluding hydrogens is 236 g/mol. The Morgan fingerprint density at radius 1 is 1.16 bits per heavy atom. The Morgan fingerprint density at radius 2 is 1.74 bits per heavy atom. The molecule has 4 aliphatic rings. The number of pyridine rings is 1. The van der Waals surface area contributed by atoms with E-state index in [1.807, 2.05) is 0 Å². The van der Waals surface area contributed by atoms with Crippen LogP contribution in [0.25, 0.3) is 0 Å². The maximum atomic E-state index is 10.9. The lowest BCUT2D eigenvalue weighted by Gasteiger charge is -2.58. The molecule has 0 saturated heterocycles. The van der Waals surface area contributed by atoms with E-state index < -0.39 is 6.10 Å². The third-order valence-corrected chi connectivity index (χ3v) is 5.85. The molecule has 4 aliphatic carbocycles. The third kappa shape index (κ3) is 1.71. The van der Waals surface area contributed by atoms with Crippen LogP contribution in [-0.2, 0) is 0 Å². The number of hydrogen-bond donors (Lipinski definition) is 2. The van der Waals surface area contributed by atoms with E-state index in [9.17, 15) is 5.11 Å². The molecule has 5 rings (SSSR count). The second-order valence-electron chi connectivity index (χ2n) is 7.19. The fraction of sp³-hybridized carbons (Fsp3) is 0.688. The zero-order valence-electron chi connectivity index (χ0n) is 11.3. The quantitative estimate of drug-likeness (QED) is 0.857. The number of nitrogens with zero attached hydrogens (tertiary/aromatic N) is 1. The lowest BCUT2D eigenvalue weighted by atomic mass is 9.47. The van der Waals surface area contributed by atoms with Crippen LogP contribution in [0.5, 0.6) is 0 Å². The van der Waals surface area contributed by atoms with Gasteiger partial charge in [-0.25, -0.2) is 0 Å². The minimum Gasteiger partial charge on any atom is -0.398 e. The van der Waals surface area contributed by atoms with Crippen LogP contribution in [0.3, 0.4) is 0 Å². The Kier molecular flexibility index (Phi) is 2.44. The standard InChI is InChI=1S/C16H22N2O/c17-14-1-2-18-9-13(14)15(19)16-6-10-3-11(7-16)5-12(4-10)8-16/h1-2,9-12,15,19H,3-8H2,(H2,17,18). The highest BCUT2D eigenvalue weighted by Gasteiger charge is 2.54. The molecule has 1 heterocycles. The van der Waals surface area contributed by atoms with Crippen molar-refractivity contribution in [2.24, 2.45) is 23.2 Å². The summed E-state index contributed by atoms with van der Waals surface area (Å²) < 4.78 is 0. The van der Waals surface area contributed by atoms with E-state index in [1.54, 1.807) is 18.5 Å². The van der Waals surface area contributed by atoms with Gasteiger partial charge in [0.25, 0.3) is 0 Å². The molecule has 1 unspecified atom stereocenters.